The fraction of sp³-hybridized carbons (Fsp3) is 0.412. The van der Waals surface area contributed by atoms with Crippen LogP contribution in [0.5, 0.6) is 11.5 Å². The monoisotopic (exact) mass is 313 g/mol. The highest BCUT2D eigenvalue weighted by atomic mass is 16.7. The van der Waals surface area contributed by atoms with Crippen LogP contribution in [0.4, 0.5) is 5.82 Å². The van der Waals surface area contributed by atoms with Crippen LogP contribution in [0, 0.1) is 0 Å². The number of fused-ring (bicyclic) bond motifs is 1. The molecule has 120 valence electrons. The van der Waals surface area contributed by atoms with Crippen molar-refractivity contribution in [3.05, 3.63) is 23.9 Å². The van der Waals surface area contributed by atoms with E-state index in [1.807, 2.05) is 18.2 Å². The maximum absolute atomic E-state index is 11.5. The Morgan fingerprint density at radius 1 is 1.26 bits per heavy atom. The van der Waals surface area contributed by atoms with E-state index < -0.39 is 0 Å². The molecule has 2 heterocycles. The maximum atomic E-state index is 11.5. The number of hydrogen-bond donors (Lipinski definition) is 2. The van der Waals surface area contributed by atoms with E-state index in [9.17, 15) is 4.79 Å². The molecule has 2 aliphatic rings. The number of hydrogen-bond acceptors (Lipinski definition) is 4. The molecule has 0 saturated heterocycles. The van der Waals surface area contributed by atoms with Gasteiger partial charge in [0.05, 0.1) is 0 Å². The zero-order valence-corrected chi connectivity index (χ0v) is 13.0. The Morgan fingerprint density at radius 3 is 2.83 bits per heavy atom. The summed E-state index contributed by atoms with van der Waals surface area (Å²) in [5.41, 5.74) is 3.05. The minimum absolute atomic E-state index is 0.128. The number of anilines is 1. The van der Waals surface area contributed by atoms with E-state index in [0.29, 0.717) is 11.7 Å². The number of nitrogens with zero attached hydrogens (tertiary/aromatic N) is 1. The van der Waals surface area contributed by atoms with Crippen LogP contribution in [-0.4, -0.2) is 22.9 Å². The van der Waals surface area contributed by atoms with Gasteiger partial charge >= 0.3 is 0 Å². The molecule has 4 rings (SSSR count). The number of carbonyl (C=O) groups excluding carboxylic acids is 1. The standard InChI is InChI=1S/C17H19N3O3/c1-10(21)18-17-15(16(19-20-17)11-4-2-3-5-11)12-6-7-13-14(8-12)23-9-22-13/h6-8,11H,2-5,9H2,1H3,(H2,18,19,20,21). The minimum Gasteiger partial charge on any atom is -0.454 e. The Hall–Kier alpha value is -2.50. The molecule has 23 heavy (non-hydrogen) atoms. The third-order valence-electron chi connectivity index (χ3n) is 4.51. The molecule has 6 nitrogen and oxygen atoms in total. The molecule has 1 aromatic carbocycles. The molecule has 1 fully saturated rings. The lowest BCUT2D eigenvalue weighted by Gasteiger charge is -2.12. The van der Waals surface area contributed by atoms with E-state index in [-0.39, 0.29) is 12.7 Å². The second kappa shape index (κ2) is 5.61. The van der Waals surface area contributed by atoms with Crippen molar-refractivity contribution in [2.45, 2.75) is 38.5 Å². The molecule has 0 radical (unpaired) electrons. The van der Waals surface area contributed by atoms with Crippen LogP contribution in [0.15, 0.2) is 18.2 Å². The van der Waals surface area contributed by atoms with Crippen molar-refractivity contribution in [1.29, 1.82) is 0 Å². The van der Waals surface area contributed by atoms with Crippen LogP contribution >= 0.6 is 0 Å². The van der Waals surface area contributed by atoms with Crippen molar-refractivity contribution >= 4 is 11.7 Å². The SMILES string of the molecule is CC(=O)Nc1n[nH]c(C2CCCC2)c1-c1ccc2c(c1)OCO2. The van der Waals surface area contributed by atoms with E-state index >= 15 is 0 Å². The Kier molecular flexibility index (Phi) is 3.44. The van der Waals surface area contributed by atoms with Gasteiger partial charge in [-0.15, -0.1) is 0 Å². The lowest BCUT2D eigenvalue weighted by Crippen LogP contribution is -2.07. The largest absolute Gasteiger partial charge is 0.454 e. The highest BCUT2D eigenvalue weighted by molar-refractivity contribution is 5.93. The van der Waals surface area contributed by atoms with Crippen LogP contribution in [0.2, 0.25) is 0 Å². The van der Waals surface area contributed by atoms with Crippen LogP contribution in [0.25, 0.3) is 11.1 Å². The fourth-order valence-corrected chi connectivity index (χ4v) is 3.47. The van der Waals surface area contributed by atoms with Gasteiger partial charge in [-0.1, -0.05) is 18.9 Å². The van der Waals surface area contributed by atoms with Crippen molar-refractivity contribution in [3.8, 4) is 22.6 Å². The zero-order valence-electron chi connectivity index (χ0n) is 13.0. The average Bonchev–Trinajstić information content (AvgIpc) is 3.26. The molecule has 0 spiro atoms. The van der Waals surface area contributed by atoms with Crippen LogP contribution in [-0.2, 0) is 4.79 Å². The highest BCUT2D eigenvalue weighted by Crippen LogP contribution is 2.43. The zero-order chi connectivity index (χ0) is 15.8. The first kappa shape index (κ1) is 14.1. The Labute approximate surface area is 134 Å². The van der Waals surface area contributed by atoms with Gasteiger partial charge in [0.1, 0.15) is 0 Å². The summed E-state index contributed by atoms with van der Waals surface area (Å²) in [5, 5.41) is 10.3. The summed E-state index contributed by atoms with van der Waals surface area (Å²) in [7, 11) is 0. The first-order chi connectivity index (χ1) is 11.2. The smallest absolute Gasteiger partial charge is 0.231 e. The summed E-state index contributed by atoms with van der Waals surface area (Å²) < 4.78 is 10.9. The summed E-state index contributed by atoms with van der Waals surface area (Å²) >= 11 is 0. The quantitative estimate of drug-likeness (QED) is 0.910. The summed E-state index contributed by atoms with van der Waals surface area (Å²) in [6, 6.07) is 5.85. The number of benzene rings is 1. The summed E-state index contributed by atoms with van der Waals surface area (Å²) in [4.78, 5) is 11.5. The van der Waals surface area contributed by atoms with Gasteiger partial charge in [0, 0.05) is 24.1 Å². The van der Waals surface area contributed by atoms with Gasteiger partial charge in [0.2, 0.25) is 12.7 Å². The van der Waals surface area contributed by atoms with E-state index in [1.54, 1.807) is 0 Å². The number of rotatable bonds is 3. The van der Waals surface area contributed by atoms with E-state index in [4.69, 9.17) is 9.47 Å². The molecule has 1 aliphatic carbocycles. The highest BCUT2D eigenvalue weighted by Gasteiger charge is 2.26. The Balaban J connectivity index is 1.80. The fourth-order valence-electron chi connectivity index (χ4n) is 3.47. The Morgan fingerprint density at radius 2 is 2.04 bits per heavy atom. The predicted molar refractivity (Wildman–Crippen MR) is 85.7 cm³/mol. The molecule has 0 bridgehead atoms. The Bertz CT molecular complexity index is 748. The molecule has 2 N–H and O–H groups in total. The maximum Gasteiger partial charge on any atom is 0.231 e. The molecule has 1 aliphatic heterocycles. The third-order valence-corrected chi connectivity index (χ3v) is 4.51. The van der Waals surface area contributed by atoms with E-state index in [1.165, 1.54) is 19.8 Å². The van der Waals surface area contributed by atoms with Gasteiger partial charge in [0.25, 0.3) is 0 Å². The first-order valence-corrected chi connectivity index (χ1v) is 7.98. The molecule has 1 amide bonds. The van der Waals surface area contributed by atoms with Gasteiger partial charge in [-0.2, -0.15) is 5.10 Å². The minimum atomic E-state index is -0.128. The van der Waals surface area contributed by atoms with Crippen LogP contribution in [0.1, 0.15) is 44.2 Å². The number of H-pyrrole nitrogens is 1. The first-order valence-electron chi connectivity index (χ1n) is 7.98. The molecule has 2 aromatic rings. The lowest BCUT2D eigenvalue weighted by atomic mass is 9.95. The molecule has 6 heteroatoms. The second-order valence-corrected chi connectivity index (χ2v) is 6.09. The van der Waals surface area contributed by atoms with Gasteiger partial charge in [-0.3, -0.25) is 9.89 Å². The summed E-state index contributed by atoms with van der Waals surface area (Å²) in [5.74, 6) is 2.40. The van der Waals surface area contributed by atoms with Gasteiger partial charge in [-0.05, 0) is 30.5 Å². The van der Waals surface area contributed by atoms with Gasteiger partial charge in [-0.25, -0.2) is 0 Å². The number of nitrogens with one attached hydrogen (secondary N) is 2. The van der Waals surface area contributed by atoms with Crippen LogP contribution < -0.4 is 14.8 Å². The van der Waals surface area contributed by atoms with Gasteiger partial charge in [0.15, 0.2) is 17.3 Å². The number of ether oxygens (including phenoxy) is 2. The normalized spacial score (nSPS) is 16.7. The van der Waals surface area contributed by atoms with Crippen LogP contribution in [0.3, 0.4) is 0 Å². The lowest BCUT2D eigenvalue weighted by molar-refractivity contribution is -0.114. The predicted octanol–water partition coefficient (Wildman–Crippen LogP) is 3.42. The number of aromatic amines is 1. The third kappa shape index (κ3) is 2.54. The van der Waals surface area contributed by atoms with Gasteiger partial charge < -0.3 is 14.8 Å². The molecule has 1 saturated carbocycles. The molecule has 0 atom stereocenters. The topological polar surface area (TPSA) is 76.2 Å². The van der Waals surface area contributed by atoms with E-state index in [0.717, 1.165) is 41.2 Å². The molecular formula is C17H19N3O3. The van der Waals surface area contributed by atoms with Crippen molar-refractivity contribution in [1.82, 2.24) is 10.2 Å². The second-order valence-electron chi connectivity index (χ2n) is 6.09. The molecule has 0 unspecified atom stereocenters. The number of carbonyl (C=O) groups is 1. The molecular weight excluding hydrogens is 294 g/mol. The average molecular weight is 313 g/mol. The summed E-state index contributed by atoms with van der Waals surface area (Å²) in [6.45, 7) is 1.74. The summed E-state index contributed by atoms with van der Waals surface area (Å²) in [6.07, 6.45) is 4.78. The number of amides is 1. The molecule has 1 aromatic heterocycles. The van der Waals surface area contributed by atoms with Crippen molar-refractivity contribution in [2.24, 2.45) is 0 Å². The van der Waals surface area contributed by atoms with E-state index in [2.05, 4.69) is 15.5 Å². The van der Waals surface area contributed by atoms with Crippen molar-refractivity contribution < 1.29 is 14.3 Å². The van der Waals surface area contributed by atoms with Crippen molar-refractivity contribution in [3.63, 3.8) is 0 Å². The van der Waals surface area contributed by atoms with Crippen molar-refractivity contribution in [2.75, 3.05) is 12.1 Å². The number of aromatic nitrogens is 2.